The van der Waals surface area contributed by atoms with E-state index in [4.69, 9.17) is 5.11 Å². The lowest BCUT2D eigenvalue weighted by Gasteiger charge is -2.22. The summed E-state index contributed by atoms with van der Waals surface area (Å²) in [5.74, 6) is -0.459. The maximum absolute atomic E-state index is 11.9. The van der Waals surface area contributed by atoms with Crippen LogP contribution in [0.1, 0.15) is 54.1 Å². The van der Waals surface area contributed by atoms with Crippen LogP contribution in [-0.4, -0.2) is 35.1 Å². The monoisotopic (exact) mass is 311 g/mol. The minimum atomic E-state index is -1.04. The number of hydrogen-bond donors (Lipinski definition) is 3. The average Bonchev–Trinajstić information content (AvgIpc) is 2.96. The van der Waals surface area contributed by atoms with E-state index in [0.717, 1.165) is 19.5 Å². The quantitative estimate of drug-likeness (QED) is 0.745. The van der Waals surface area contributed by atoms with Gasteiger partial charge in [-0.2, -0.15) is 0 Å². The number of aromatic nitrogens is 1. The van der Waals surface area contributed by atoms with Crippen LogP contribution in [0.2, 0.25) is 0 Å². The van der Waals surface area contributed by atoms with Gasteiger partial charge >= 0.3 is 5.97 Å². The highest BCUT2D eigenvalue weighted by Crippen LogP contribution is 2.19. The Hall–Kier alpha value is -1.47. The van der Waals surface area contributed by atoms with Gasteiger partial charge in [0.2, 0.25) is 5.91 Å². The van der Waals surface area contributed by atoms with Crippen molar-refractivity contribution < 1.29 is 14.7 Å². The Morgan fingerprint density at radius 2 is 2.43 bits per heavy atom. The van der Waals surface area contributed by atoms with Crippen molar-refractivity contribution in [2.75, 3.05) is 13.1 Å². The Morgan fingerprint density at radius 3 is 3.05 bits per heavy atom. The standard InChI is InChI=1S/C14H21N3O3S/c1-9(13-17-11(8-21-13)14(19)20)16-12(18)5-4-10-3-2-6-15-7-10/h8-10,15H,2-7H2,1H3,(H,16,18)(H,19,20). The molecule has 6 nitrogen and oxygen atoms in total. The average molecular weight is 311 g/mol. The predicted octanol–water partition coefficient (Wildman–Crippen LogP) is 1.80. The van der Waals surface area contributed by atoms with Crippen LogP contribution in [0.3, 0.4) is 0 Å². The van der Waals surface area contributed by atoms with E-state index in [9.17, 15) is 9.59 Å². The molecule has 2 rings (SSSR count). The number of amides is 1. The largest absolute Gasteiger partial charge is 0.476 e. The molecule has 0 aliphatic carbocycles. The topological polar surface area (TPSA) is 91.3 Å². The van der Waals surface area contributed by atoms with Crippen LogP contribution in [0.5, 0.6) is 0 Å². The second kappa shape index (κ2) is 7.51. The first-order valence-corrected chi connectivity index (χ1v) is 8.13. The van der Waals surface area contributed by atoms with Gasteiger partial charge in [0.25, 0.3) is 0 Å². The van der Waals surface area contributed by atoms with E-state index in [1.54, 1.807) is 0 Å². The fourth-order valence-electron chi connectivity index (χ4n) is 2.47. The molecule has 21 heavy (non-hydrogen) atoms. The smallest absolute Gasteiger partial charge is 0.355 e. The SMILES string of the molecule is CC(NC(=O)CCC1CCCNC1)c1nc(C(=O)O)cs1. The molecule has 3 N–H and O–H groups in total. The van der Waals surface area contributed by atoms with E-state index < -0.39 is 5.97 Å². The second-order valence-electron chi connectivity index (χ2n) is 5.42. The lowest BCUT2D eigenvalue weighted by Crippen LogP contribution is -2.31. The summed E-state index contributed by atoms with van der Waals surface area (Å²) >= 11 is 1.26. The van der Waals surface area contributed by atoms with Crippen LogP contribution >= 0.6 is 11.3 Å². The number of rotatable bonds is 6. The molecule has 1 aromatic heterocycles. The summed E-state index contributed by atoms with van der Waals surface area (Å²) in [5.41, 5.74) is 0.0318. The lowest BCUT2D eigenvalue weighted by atomic mass is 9.94. The zero-order valence-electron chi connectivity index (χ0n) is 12.1. The number of piperidine rings is 1. The number of nitrogens with one attached hydrogen (secondary N) is 2. The third kappa shape index (κ3) is 4.78. The van der Waals surface area contributed by atoms with Gasteiger partial charge in [-0.25, -0.2) is 9.78 Å². The van der Waals surface area contributed by atoms with Crippen molar-refractivity contribution in [2.24, 2.45) is 5.92 Å². The van der Waals surface area contributed by atoms with Crippen molar-refractivity contribution in [2.45, 2.75) is 38.6 Å². The Bertz CT molecular complexity index is 497. The fraction of sp³-hybridized carbons (Fsp3) is 0.643. The van der Waals surface area contributed by atoms with Crippen molar-refractivity contribution in [3.8, 4) is 0 Å². The van der Waals surface area contributed by atoms with E-state index in [-0.39, 0.29) is 17.6 Å². The molecule has 7 heteroatoms. The van der Waals surface area contributed by atoms with E-state index in [0.29, 0.717) is 17.3 Å². The van der Waals surface area contributed by atoms with Crippen molar-refractivity contribution in [1.82, 2.24) is 15.6 Å². The highest BCUT2D eigenvalue weighted by atomic mass is 32.1. The number of carboxylic acid groups (broad SMARTS) is 1. The first-order valence-electron chi connectivity index (χ1n) is 7.25. The molecule has 2 heterocycles. The van der Waals surface area contributed by atoms with Crippen LogP contribution in [0.4, 0.5) is 0 Å². The molecule has 1 aliphatic heterocycles. The van der Waals surface area contributed by atoms with Crippen molar-refractivity contribution in [3.63, 3.8) is 0 Å². The number of carboxylic acids is 1. The third-order valence-corrected chi connectivity index (χ3v) is 4.70. The summed E-state index contributed by atoms with van der Waals surface area (Å²) in [6.45, 7) is 3.90. The first-order chi connectivity index (χ1) is 10.1. The summed E-state index contributed by atoms with van der Waals surface area (Å²) in [5, 5.41) is 17.2. The van der Waals surface area contributed by atoms with E-state index in [1.165, 1.54) is 29.6 Å². The van der Waals surface area contributed by atoms with Gasteiger partial charge in [-0.05, 0) is 45.2 Å². The van der Waals surface area contributed by atoms with Crippen molar-refractivity contribution >= 4 is 23.2 Å². The van der Waals surface area contributed by atoms with Crippen LogP contribution in [0.15, 0.2) is 5.38 Å². The van der Waals surface area contributed by atoms with E-state index >= 15 is 0 Å². The first kappa shape index (κ1) is 15.9. The van der Waals surface area contributed by atoms with E-state index in [2.05, 4.69) is 15.6 Å². The molecule has 0 spiro atoms. The number of carbonyl (C=O) groups is 2. The third-order valence-electron chi connectivity index (χ3n) is 3.67. The summed E-state index contributed by atoms with van der Waals surface area (Å²) in [6.07, 6.45) is 3.77. The minimum absolute atomic E-state index is 0.000137. The highest BCUT2D eigenvalue weighted by Gasteiger charge is 2.18. The molecular formula is C14H21N3O3S. The number of hydrogen-bond acceptors (Lipinski definition) is 5. The molecule has 1 amide bonds. The van der Waals surface area contributed by atoms with Crippen LogP contribution in [0, 0.1) is 5.92 Å². The number of aromatic carboxylic acids is 1. The van der Waals surface area contributed by atoms with Gasteiger partial charge < -0.3 is 15.7 Å². The Kier molecular flexibility index (Phi) is 5.69. The Labute approximate surface area is 128 Å². The van der Waals surface area contributed by atoms with Gasteiger partial charge in [-0.3, -0.25) is 4.79 Å². The van der Waals surface area contributed by atoms with Gasteiger partial charge in [-0.15, -0.1) is 11.3 Å². The van der Waals surface area contributed by atoms with Gasteiger partial charge in [0.15, 0.2) is 5.69 Å². The lowest BCUT2D eigenvalue weighted by molar-refractivity contribution is -0.122. The van der Waals surface area contributed by atoms with Gasteiger partial charge in [0, 0.05) is 11.8 Å². The molecule has 1 fully saturated rings. The molecule has 0 aromatic carbocycles. The van der Waals surface area contributed by atoms with Crippen LogP contribution in [-0.2, 0) is 4.79 Å². The second-order valence-corrected chi connectivity index (χ2v) is 6.31. The van der Waals surface area contributed by atoms with Gasteiger partial charge in [0.1, 0.15) is 5.01 Å². The summed E-state index contributed by atoms with van der Waals surface area (Å²) in [4.78, 5) is 26.7. The number of carbonyl (C=O) groups excluding carboxylic acids is 1. The maximum atomic E-state index is 11.9. The molecule has 2 atom stereocenters. The summed E-state index contributed by atoms with van der Waals surface area (Å²) in [7, 11) is 0. The fourth-order valence-corrected chi connectivity index (χ4v) is 3.27. The number of nitrogens with zero attached hydrogens (tertiary/aromatic N) is 1. The molecular weight excluding hydrogens is 290 g/mol. The molecule has 2 unspecified atom stereocenters. The maximum Gasteiger partial charge on any atom is 0.355 e. The zero-order chi connectivity index (χ0) is 15.2. The normalized spacial score (nSPS) is 20.0. The summed E-state index contributed by atoms with van der Waals surface area (Å²) < 4.78 is 0. The molecule has 0 bridgehead atoms. The van der Waals surface area contributed by atoms with Gasteiger partial charge in [-0.1, -0.05) is 0 Å². The van der Waals surface area contributed by atoms with Gasteiger partial charge in [0.05, 0.1) is 6.04 Å². The molecule has 116 valence electrons. The Balaban J connectivity index is 1.76. The molecule has 1 aromatic rings. The Morgan fingerprint density at radius 1 is 1.62 bits per heavy atom. The van der Waals surface area contributed by atoms with Crippen molar-refractivity contribution in [3.05, 3.63) is 16.1 Å². The molecule has 0 radical (unpaired) electrons. The molecule has 1 saturated heterocycles. The van der Waals surface area contributed by atoms with Crippen LogP contribution in [0.25, 0.3) is 0 Å². The highest BCUT2D eigenvalue weighted by molar-refractivity contribution is 7.09. The molecule has 0 saturated carbocycles. The van der Waals surface area contributed by atoms with Crippen molar-refractivity contribution in [1.29, 1.82) is 0 Å². The summed E-state index contributed by atoms with van der Waals surface area (Å²) in [6, 6.07) is -0.250. The number of thiazole rings is 1. The molecule has 1 aliphatic rings. The predicted molar refractivity (Wildman–Crippen MR) is 80.5 cm³/mol. The minimum Gasteiger partial charge on any atom is -0.476 e. The van der Waals surface area contributed by atoms with Crippen LogP contribution < -0.4 is 10.6 Å². The van der Waals surface area contributed by atoms with E-state index in [1.807, 2.05) is 6.92 Å². The zero-order valence-corrected chi connectivity index (χ0v) is 12.9.